The van der Waals surface area contributed by atoms with Gasteiger partial charge in [-0.3, -0.25) is 0 Å². The van der Waals surface area contributed by atoms with Gasteiger partial charge in [0.25, 0.3) is 0 Å². The Bertz CT molecular complexity index is 308. The summed E-state index contributed by atoms with van der Waals surface area (Å²) in [5.41, 5.74) is 0.795. The molecular weight excluding hydrogens is 186 g/mol. The Balaban J connectivity index is 2.55. The highest BCUT2D eigenvalue weighted by atomic mass is 32.2. The van der Waals surface area contributed by atoms with Crippen LogP contribution in [0.3, 0.4) is 0 Å². The molecular formula is C9H17NO2S. The minimum absolute atomic E-state index is 0.238. The van der Waals surface area contributed by atoms with Crippen LogP contribution in [0.15, 0.2) is 12.2 Å². The fraction of sp³-hybridized carbons (Fsp3) is 0.778. The lowest BCUT2D eigenvalue weighted by molar-refractivity contribution is 0.413. The van der Waals surface area contributed by atoms with Crippen molar-refractivity contribution in [2.75, 3.05) is 18.1 Å². The summed E-state index contributed by atoms with van der Waals surface area (Å²) in [5, 5.41) is 3.23. The second-order valence-electron chi connectivity index (χ2n) is 4.21. The van der Waals surface area contributed by atoms with Crippen LogP contribution in [0.2, 0.25) is 0 Å². The highest BCUT2D eigenvalue weighted by Gasteiger charge is 2.37. The van der Waals surface area contributed by atoms with Gasteiger partial charge in [-0.15, -0.1) is 0 Å². The molecule has 0 bridgehead atoms. The van der Waals surface area contributed by atoms with Crippen LogP contribution in [0.4, 0.5) is 0 Å². The van der Waals surface area contributed by atoms with Gasteiger partial charge >= 0.3 is 0 Å². The molecule has 0 aromatic carbocycles. The average molecular weight is 203 g/mol. The summed E-state index contributed by atoms with van der Waals surface area (Å²) in [6.45, 7) is 8.36. The molecule has 13 heavy (non-hydrogen) atoms. The molecule has 76 valence electrons. The lowest BCUT2D eigenvalue weighted by atomic mass is 10.0. The minimum atomic E-state index is -2.79. The van der Waals surface area contributed by atoms with Gasteiger partial charge in [0.15, 0.2) is 9.84 Å². The van der Waals surface area contributed by atoms with Crippen molar-refractivity contribution in [1.82, 2.24) is 5.32 Å². The van der Waals surface area contributed by atoms with Gasteiger partial charge in [-0.1, -0.05) is 12.2 Å². The third kappa shape index (κ3) is 3.12. The quantitative estimate of drug-likeness (QED) is 0.688. The molecule has 1 rings (SSSR count). The number of rotatable bonds is 3. The molecule has 4 heteroatoms. The third-order valence-corrected chi connectivity index (χ3v) is 4.22. The molecule has 0 aliphatic carbocycles. The summed E-state index contributed by atoms with van der Waals surface area (Å²) in [7, 11) is -2.79. The Labute approximate surface area is 80.1 Å². The van der Waals surface area contributed by atoms with E-state index < -0.39 is 9.84 Å². The normalized spacial score (nSPS) is 31.8. The van der Waals surface area contributed by atoms with Crippen LogP contribution in [-0.4, -0.2) is 32.0 Å². The molecule has 1 saturated heterocycles. The van der Waals surface area contributed by atoms with Gasteiger partial charge in [0.2, 0.25) is 0 Å². The van der Waals surface area contributed by atoms with Gasteiger partial charge < -0.3 is 5.32 Å². The summed E-state index contributed by atoms with van der Waals surface area (Å²) < 4.78 is 22.5. The van der Waals surface area contributed by atoms with Crippen molar-refractivity contribution < 1.29 is 8.42 Å². The zero-order chi connectivity index (χ0) is 10.1. The molecule has 1 unspecified atom stereocenters. The van der Waals surface area contributed by atoms with E-state index in [1.54, 1.807) is 0 Å². The lowest BCUT2D eigenvalue weighted by Crippen LogP contribution is -2.44. The maximum atomic E-state index is 11.2. The first-order chi connectivity index (χ1) is 5.83. The molecule has 0 amide bonds. The minimum Gasteiger partial charge on any atom is -0.307 e. The molecule has 0 spiro atoms. The maximum absolute atomic E-state index is 11.2. The van der Waals surface area contributed by atoms with Crippen LogP contribution < -0.4 is 5.32 Å². The second kappa shape index (κ2) is 3.42. The molecule has 0 aromatic rings. The van der Waals surface area contributed by atoms with Gasteiger partial charge in [0, 0.05) is 12.1 Å². The standard InChI is InChI=1S/C9H17NO2S/c1-8(2)6-10-9(3)4-5-13(11,12)7-9/h10H,1,4-7H2,2-3H3. The first kappa shape index (κ1) is 10.7. The van der Waals surface area contributed by atoms with Crippen LogP contribution in [0.1, 0.15) is 20.3 Å². The van der Waals surface area contributed by atoms with Gasteiger partial charge in [0.05, 0.1) is 11.5 Å². The Morgan fingerprint density at radius 2 is 2.23 bits per heavy atom. The fourth-order valence-corrected chi connectivity index (χ4v) is 3.64. The van der Waals surface area contributed by atoms with E-state index in [4.69, 9.17) is 0 Å². The zero-order valence-electron chi connectivity index (χ0n) is 8.26. The predicted molar refractivity (Wildman–Crippen MR) is 54.5 cm³/mol. The van der Waals surface area contributed by atoms with Crippen LogP contribution >= 0.6 is 0 Å². The lowest BCUT2D eigenvalue weighted by Gasteiger charge is -2.23. The van der Waals surface area contributed by atoms with Crippen molar-refractivity contribution >= 4 is 9.84 Å². The van der Waals surface area contributed by atoms with E-state index in [2.05, 4.69) is 11.9 Å². The van der Waals surface area contributed by atoms with Crippen molar-refractivity contribution in [1.29, 1.82) is 0 Å². The van der Waals surface area contributed by atoms with Gasteiger partial charge in [-0.2, -0.15) is 0 Å². The molecule has 1 atom stereocenters. The molecule has 1 N–H and O–H groups in total. The topological polar surface area (TPSA) is 46.2 Å². The van der Waals surface area contributed by atoms with E-state index in [1.165, 1.54) is 0 Å². The van der Waals surface area contributed by atoms with E-state index in [0.717, 1.165) is 5.57 Å². The fourth-order valence-electron chi connectivity index (χ4n) is 1.51. The molecule has 1 fully saturated rings. The summed E-state index contributed by atoms with van der Waals surface area (Å²) in [6.07, 6.45) is 0.711. The zero-order valence-corrected chi connectivity index (χ0v) is 9.08. The van der Waals surface area contributed by atoms with Gasteiger partial charge in [0.1, 0.15) is 0 Å². The molecule has 0 radical (unpaired) electrons. The Hall–Kier alpha value is -0.350. The predicted octanol–water partition coefficient (Wildman–Crippen LogP) is 0.729. The largest absolute Gasteiger partial charge is 0.307 e. The second-order valence-corrected chi connectivity index (χ2v) is 6.40. The Morgan fingerprint density at radius 3 is 2.62 bits per heavy atom. The Kier molecular flexibility index (Phi) is 2.82. The van der Waals surface area contributed by atoms with E-state index in [1.807, 2.05) is 13.8 Å². The van der Waals surface area contributed by atoms with Gasteiger partial charge in [-0.25, -0.2) is 8.42 Å². The van der Waals surface area contributed by atoms with Crippen molar-refractivity contribution in [2.24, 2.45) is 0 Å². The summed E-state index contributed by atoms with van der Waals surface area (Å²) in [5.74, 6) is 0.569. The summed E-state index contributed by atoms with van der Waals surface area (Å²) in [6, 6.07) is 0. The number of sulfone groups is 1. The van der Waals surface area contributed by atoms with Crippen molar-refractivity contribution in [3.63, 3.8) is 0 Å². The van der Waals surface area contributed by atoms with Crippen LogP contribution in [0.25, 0.3) is 0 Å². The van der Waals surface area contributed by atoms with E-state index in [9.17, 15) is 8.42 Å². The van der Waals surface area contributed by atoms with Crippen molar-refractivity contribution in [3.8, 4) is 0 Å². The summed E-state index contributed by atoms with van der Waals surface area (Å²) >= 11 is 0. The third-order valence-electron chi connectivity index (χ3n) is 2.32. The van der Waals surface area contributed by atoms with Crippen molar-refractivity contribution in [2.45, 2.75) is 25.8 Å². The van der Waals surface area contributed by atoms with E-state index in [-0.39, 0.29) is 11.3 Å². The molecule has 0 saturated carbocycles. The summed E-state index contributed by atoms with van der Waals surface area (Å²) in [4.78, 5) is 0. The monoisotopic (exact) mass is 203 g/mol. The van der Waals surface area contributed by atoms with Crippen LogP contribution in [0, 0.1) is 0 Å². The molecule has 1 aliphatic rings. The van der Waals surface area contributed by atoms with Gasteiger partial charge in [-0.05, 0) is 20.3 Å². The number of nitrogens with one attached hydrogen (secondary N) is 1. The SMILES string of the molecule is C=C(C)CNC1(C)CCS(=O)(=O)C1. The van der Waals surface area contributed by atoms with E-state index >= 15 is 0 Å². The van der Waals surface area contributed by atoms with Crippen molar-refractivity contribution in [3.05, 3.63) is 12.2 Å². The highest BCUT2D eigenvalue weighted by molar-refractivity contribution is 7.91. The Morgan fingerprint density at radius 1 is 1.62 bits per heavy atom. The van der Waals surface area contributed by atoms with E-state index in [0.29, 0.717) is 18.7 Å². The molecule has 3 nitrogen and oxygen atoms in total. The highest BCUT2D eigenvalue weighted by Crippen LogP contribution is 2.22. The first-order valence-corrected chi connectivity index (χ1v) is 6.25. The van der Waals surface area contributed by atoms with Crippen LogP contribution in [-0.2, 0) is 9.84 Å². The smallest absolute Gasteiger partial charge is 0.152 e. The molecule has 1 aliphatic heterocycles. The maximum Gasteiger partial charge on any atom is 0.152 e. The number of hydrogen-bond donors (Lipinski definition) is 1. The van der Waals surface area contributed by atoms with Crippen LogP contribution in [0.5, 0.6) is 0 Å². The first-order valence-electron chi connectivity index (χ1n) is 4.43. The number of hydrogen-bond acceptors (Lipinski definition) is 3. The molecule has 0 aromatic heterocycles. The average Bonchev–Trinajstić information content (AvgIpc) is 2.23. The molecule has 1 heterocycles.